The lowest BCUT2D eigenvalue weighted by molar-refractivity contribution is -0.167. The second-order valence-electron chi connectivity index (χ2n) is 14.6. The highest BCUT2D eigenvalue weighted by Gasteiger charge is 2.19. The Morgan fingerprint density at radius 2 is 0.551 bits per heavy atom. The molecule has 6 heteroatoms. The molecule has 0 aromatic heterocycles. The standard InChI is InChI=1S/C43H82O6/c1-4-7-10-13-15-17-19-20-21-22-23-24-26-27-30-33-36-42(45)48-39-40(38-47-41(44)35-32-29-12-9-6-3)49-43(46)37-34-31-28-25-18-16-14-11-8-5-2/h40H,4-39H2,1-3H3/t40-/m1/s1. The van der Waals surface area contributed by atoms with E-state index in [9.17, 15) is 14.4 Å². The van der Waals surface area contributed by atoms with Gasteiger partial charge in [0.05, 0.1) is 0 Å². The third-order valence-corrected chi connectivity index (χ3v) is 9.61. The van der Waals surface area contributed by atoms with E-state index in [2.05, 4.69) is 20.8 Å². The predicted molar refractivity (Wildman–Crippen MR) is 206 cm³/mol. The minimum Gasteiger partial charge on any atom is -0.462 e. The van der Waals surface area contributed by atoms with Crippen molar-refractivity contribution in [1.82, 2.24) is 0 Å². The first kappa shape index (κ1) is 47.4. The van der Waals surface area contributed by atoms with E-state index < -0.39 is 6.10 Å². The number of rotatable bonds is 39. The summed E-state index contributed by atoms with van der Waals surface area (Å²) < 4.78 is 16.6. The van der Waals surface area contributed by atoms with Crippen molar-refractivity contribution in [1.29, 1.82) is 0 Å². The highest BCUT2D eigenvalue weighted by atomic mass is 16.6. The van der Waals surface area contributed by atoms with E-state index in [1.165, 1.54) is 135 Å². The first-order valence-corrected chi connectivity index (χ1v) is 21.5. The van der Waals surface area contributed by atoms with Crippen molar-refractivity contribution in [2.45, 2.75) is 245 Å². The van der Waals surface area contributed by atoms with E-state index in [4.69, 9.17) is 14.2 Å². The third kappa shape index (κ3) is 37.5. The van der Waals surface area contributed by atoms with Crippen molar-refractivity contribution in [3.63, 3.8) is 0 Å². The molecule has 0 unspecified atom stereocenters. The summed E-state index contributed by atoms with van der Waals surface area (Å²) in [6, 6.07) is 0. The summed E-state index contributed by atoms with van der Waals surface area (Å²) in [5.74, 6) is -0.871. The lowest BCUT2D eigenvalue weighted by atomic mass is 10.0. The van der Waals surface area contributed by atoms with Crippen molar-refractivity contribution in [3.8, 4) is 0 Å². The SMILES string of the molecule is CCCCCCCCCCCCCCCCCCC(=O)OC[C@@H](COC(=O)CCCCCCC)OC(=O)CCCCCCCCCCCC. The van der Waals surface area contributed by atoms with E-state index in [-0.39, 0.29) is 31.1 Å². The van der Waals surface area contributed by atoms with Crippen molar-refractivity contribution < 1.29 is 28.6 Å². The van der Waals surface area contributed by atoms with Gasteiger partial charge in [0.1, 0.15) is 13.2 Å². The molecule has 0 amide bonds. The third-order valence-electron chi connectivity index (χ3n) is 9.61. The molecule has 0 N–H and O–H groups in total. The Morgan fingerprint density at radius 1 is 0.327 bits per heavy atom. The Balaban J connectivity index is 4.15. The zero-order chi connectivity index (χ0) is 35.9. The molecule has 0 saturated carbocycles. The van der Waals surface area contributed by atoms with Crippen molar-refractivity contribution in [3.05, 3.63) is 0 Å². The highest BCUT2D eigenvalue weighted by molar-refractivity contribution is 5.71. The summed E-state index contributed by atoms with van der Waals surface area (Å²) in [6.45, 7) is 6.55. The Bertz CT molecular complexity index is 723. The maximum Gasteiger partial charge on any atom is 0.306 e. The second-order valence-corrected chi connectivity index (χ2v) is 14.6. The summed E-state index contributed by atoms with van der Waals surface area (Å²) in [5, 5.41) is 0. The van der Waals surface area contributed by atoms with E-state index in [1.807, 2.05) is 0 Å². The van der Waals surface area contributed by atoms with Gasteiger partial charge in [0.25, 0.3) is 0 Å². The molecule has 0 spiro atoms. The van der Waals surface area contributed by atoms with Crippen LogP contribution in [0.3, 0.4) is 0 Å². The molecule has 0 heterocycles. The fourth-order valence-electron chi connectivity index (χ4n) is 6.32. The molecule has 0 aliphatic rings. The van der Waals surface area contributed by atoms with Gasteiger partial charge < -0.3 is 14.2 Å². The van der Waals surface area contributed by atoms with Crippen LogP contribution >= 0.6 is 0 Å². The van der Waals surface area contributed by atoms with Crippen LogP contribution in [-0.2, 0) is 28.6 Å². The van der Waals surface area contributed by atoms with Crippen LogP contribution in [0.5, 0.6) is 0 Å². The molecular formula is C43H82O6. The van der Waals surface area contributed by atoms with Gasteiger partial charge in [0.2, 0.25) is 0 Å². The first-order chi connectivity index (χ1) is 24.0. The van der Waals surface area contributed by atoms with Crippen LogP contribution in [0, 0.1) is 0 Å². The molecule has 0 bridgehead atoms. The largest absolute Gasteiger partial charge is 0.462 e. The minimum atomic E-state index is -0.755. The number of carbonyl (C=O) groups is 3. The van der Waals surface area contributed by atoms with E-state index in [1.54, 1.807) is 0 Å². The maximum absolute atomic E-state index is 12.6. The van der Waals surface area contributed by atoms with Gasteiger partial charge in [-0.15, -0.1) is 0 Å². The summed E-state index contributed by atoms with van der Waals surface area (Å²) in [4.78, 5) is 37.3. The number of hydrogen-bond donors (Lipinski definition) is 0. The average Bonchev–Trinajstić information content (AvgIpc) is 3.09. The quantitative estimate of drug-likeness (QED) is 0.0362. The summed E-state index contributed by atoms with van der Waals surface area (Å²) in [5.41, 5.74) is 0. The van der Waals surface area contributed by atoms with Crippen molar-refractivity contribution in [2.24, 2.45) is 0 Å². The van der Waals surface area contributed by atoms with Gasteiger partial charge >= 0.3 is 17.9 Å². The molecule has 0 saturated heterocycles. The first-order valence-electron chi connectivity index (χ1n) is 21.5. The van der Waals surface area contributed by atoms with Crippen LogP contribution in [0.15, 0.2) is 0 Å². The fourth-order valence-corrected chi connectivity index (χ4v) is 6.32. The van der Waals surface area contributed by atoms with E-state index in [0.717, 1.165) is 64.2 Å². The topological polar surface area (TPSA) is 78.9 Å². The Labute approximate surface area is 304 Å². The second kappa shape index (κ2) is 39.2. The fraction of sp³-hybridized carbons (Fsp3) is 0.930. The highest BCUT2D eigenvalue weighted by Crippen LogP contribution is 2.15. The molecule has 0 aliphatic carbocycles. The molecular weight excluding hydrogens is 612 g/mol. The normalized spacial score (nSPS) is 11.8. The van der Waals surface area contributed by atoms with Crippen molar-refractivity contribution >= 4 is 17.9 Å². The molecule has 0 radical (unpaired) electrons. The van der Waals surface area contributed by atoms with Crippen LogP contribution < -0.4 is 0 Å². The Kier molecular flexibility index (Phi) is 37.9. The van der Waals surface area contributed by atoms with Crippen LogP contribution in [-0.4, -0.2) is 37.2 Å². The monoisotopic (exact) mass is 695 g/mol. The smallest absolute Gasteiger partial charge is 0.306 e. The lowest BCUT2D eigenvalue weighted by Crippen LogP contribution is -2.30. The lowest BCUT2D eigenvalue weighted by Gasteiger charge is -2.18. The van der Waals surface area contributed by atoms with Crippen LogP contribution in [0.1, 0.15) is 239 Å². The van der Waals surface area contributed by atoms with Gasteiger partial charge in [-0.3, -0.25) is 14.4 Å². The van der Waals surface area contributed by atoms with Crippen LogP contribution in [0.2, 0.25) is 0 Å². The molecule has 49 heavy (non-hydrogen) atoms. The molecule has 0 aliphatic heterocycles. The number of carbonyl (C=O) groups excluding carboxylic acids is 3. The zero-order valence-corrected chi connectivity index (χ0v) is 33.0. The molecule has 290 valence electrons. The molecule has 1 atom stereocenters. The summed E-state index contributed by atoms with van der Waals surface area (Å²) in [7, 11) is 0. The van der Waals surface area contributed by atoms with Crippen LogP contribution in [0.4, 0.5) is 0 Å². The molecule has 0 aromatic carbocycles. The van der Waals surface area contributed by atoms with Gasteiger partial charge in [0.15, 0.2) is 6.10 Å². The summed E-state index contributed by atoms with van der Waals surface area (Å²) in [6.07, 6.45) is 38.3. The Morgan fingerprint density at radius 3 is 0.816 bits per heavy atom. The minimum absolute atomic E-state index is 0.0642. The average molecular weight is 695 g/mol. The van der Waals surface area contributed by atoms with Gasteiger partial charge in [0, 0.05) is 19.3 Å². The number of ether oxygens (including phenoxy) is 3. The molecule has 0 aromatic rings. The van der Waals surface area contributed by atoms with E-state index >= 15 is 0 Å². The molecule has 6 nitrogen and oxygen atoms in total. The molecule has 0 rings (SSSR count). The van der Waals surface area contributed by atoms with E-state index in [0.29, 0.717) is 19.3 Å². The summed E-state index contributed by atoms with van der Waals surface area (Å²) >= 11 is 0. The van der Waals surface area contributed by atoms with Crippen molar-refractivity contribution in [2.75, 3.05) is 13.2 Å². The number of hydrogen-bond acceptors (Lipinski definition) is 6. The maximum atomic E-state index is 12.6. The number of unbranched alkanes of at least 4 members (excludes halogenated alkanes) is 28. The van der Waals surface area contributed by atoms with Crippen LogP contribution in [0.25, 0.3) is 0 Å². The van der Waals surface area contributed by atoms with Gasteiger partial charge in [-0.1, -0.05) is 201 Å². The zero-order valence-electron chi connectivity index (χ0n) is 33.0. The van der Waals surface area contributed by atoms with Gasteiger partial charge in [-0.25, -0.2) is 0 Å². The van der Waals surface area contributed by atoms with Gasteiger partial charge in [-0.2, -0.15) is 0 Å². The van der Waals surface area contributed by atoms with Gasteiger partial charge in [-0.05, 0) is 19.3 Å². The molecule has 0 fully saturated rings. The predicted octanol–water partition coefficient (Wildman–Crippen LogP) is 13.3. The Hall–Kier alpha value is -1.59. The number of esters is 3.